The molecule has 2 saturated heterocycles. The number of carbonyl (C=O) groups excluding carboxylic acids is 1. The Hall–Kier alpha value is -2.07. The first-order chi connectivity index (χ1) is 13.3. The van der Waals surface area contributed by atoms with Gasteiger partial charge in [-0.25, -0.2) is 4.79 Å². The van der Waals surface area contributed by atoms with Crippen LogP contribution < -0.4 is 5.32 Å². The summed E-state index contributed by atoms with van der Waals surface area (Å²) in [5.74, 6) is 0.695. The molecule has 1 atom stereocenters. The standard InChI is InChI=1S/C23H31N3O/c27-23(24-17-19-7-3-1-4-8-19)26-16-13-22(18-26)25-14-11-21(12-15-25)20-9-5-2-6-10-20/h1-3,5-7,9-10,21-22H,4,8,11-18H2,(H,24,27). The smallest absolute Gasteiger partial charge is 0.317 e. The summed E-state index contributed by atoms with van der Waals surface area (Å²) in [7, 11) is 0. The van der Waals surface area contributed by atoms with Crippen molar-refractivity contribution < 1.29 is 4.79 Å². The average Bonchev–Trinajstić information content (AvgIpc) is 3.24. The summed E-state index contributed by atoms with van der Waals surface area (Å²) in [5, 5.41) is 3.11. The van der Waals surface area contributed by atoms with Crippen molar-refractivity contribution in [1.82, 2.24) is 15.1 Å². The molecule has 3 aliphatic rings. The van der Waals surface area contributed by atoms with E-state index in [0.717, 1.165) is 45.4 Å². The minimum atomic E-state index is 0.104. The molecule has 1 aromatic rings. The lowest BCUT2D eigenvalue weighted by molar-refractivity contribution is 0.152. The Bertz CT molecular complexity index is 689. The summed E-state index contributed by atoms with van der Waals surface area (Å²) in [4.78, 5) is 17.1. The van der Waals surface area contributed by atoms with Gasteiger partial charge < -0.3 is 10.2 Å². The summed E-state index contributed by atoms with van der Waals surface area (Å²) < 4.78 is 0. The van der Waals surface area contributed by atoms with Gasteiger partial charge in [-0.2, -0.15) is 0 Å². The third-order valence-corrected chi connectivity index (χ3v) is 6.33. The molecule has 0 aromatic heterocycles. The number of urea groups is 1. The zero-order valence-corrected chi connectivity index (χ0v) is 16.1. The van der Waals surface area contributed by atoms with Gasteiger partial charge in [-0.3, -0.25) is 4.90 Å². The fraction of sp³-hybridized carbons (Fsp3) is 0.522. The molecule has 2 aliphatic heterocycles. The lowest BCUT2D eigenvalue weighted by Gasteiger charge is -2.36. The van der Waals surface area contributed by atoms with Crippen LogP contribution in [0, 0.1) is 0 Å². The van der Waals surface area contributed by atoms with E-state index in [0.29, 0.717) is 18.5 Å². The van der Waals surface area contributed by atoms with Crippen molar-refractivity contribution >= 4 is 6.03 Å². The third-order valence-electron chi connectivity index (χ3n) is 6.33. The first-order valence-corrected chi connectivity index (χ1v) is 10.5. The van der Waals surface area contributed by atoms with Gasteiger partial charge in [-0.05, 0) is 56.7 Å². The van der Waals surface area contributed by atoms with Crippen molar-refractivity contribution in [3.8, 4) is 0 Å². The first kappa shape index (κ1) is 18.3. The van der Waals surface area contributed by atoms with E-state index in [-0.39, 0.29) is 6.03 Å². The molecule has 4 rings (SSSR count). The van der Waals surface area contributed by atoms with Gasteiger partial charge in [0, 0.05) is 25.7 Å². The van der Waals surface area contributed by atoms with E-state index in [9.17, 15) is 4.79 Å². The fourth-order valence-corrected chi connectivity index (χ4v) is 4.65. The molecule has 1 unspecified atom stereocenters. The second-order valence-electron chi connectivity index (χ2n) is 8.06. The van der Waals surface area contributed by atoms with Gasteiger partial charge in [0.05, 0.1) is 0 Å². The number of benzene rings is 1. The van der Waals surface area contributed by atoms with Crippen LogP contribution in [-0.2, 0) is 0 Å². The molecule has 2 fully saturated rings. The largest absolute Gasteiger partial charge is 0.334 e. The van der Waals surface area contributed by atoms with Crippen LogP contribution in [0.1, 0.15) is 43.6 Å². The molecule has 1 aliphatic carbocycles. The van der Waals surface area contributed by atoms with E-state index in [1.807, 2.05) is 4.90 Å². The molecular weight excluding hydrogens is 334 g/mol. The molecule has 2 heterocycles. The summed E-state index contributed by atoms with van der Waals surface area (Å²) >= 11 is 0. The molecule has 2 amide bonds. The number of allylic oxidation sites excluding steroid dienone is 3. The van der Waals surface area contributed by atoms with E-state index < -0.39 is 0 Å². The molecule has 4 heteroatoms. The molecule has 27 heavy (non-hydrogen) atoms. The number of rotatable bonds is 4. The van der Waals surface area contributed by atoms with E-state index in [1.165, 1.54) is 24.0 Å². The number of hydrogen-bond acceptors (Lipinski definition) is 2. The Kier molecular flexibility index (Phi) is 5.93. The minimum Gasteiger partial charge on any atom is -0.334 e. The fourth-order valence-electron chi connectivity index (χ4n) is 4.65. The number of hydrogen-bond donors (Lipinski definition) is 1. The van der Waals surface area contributed by atoms with Crippen molar-refractivity contribution in [2.75, 3.05) is 32.7 Å². The predicted octanol–water partition coefficient (Wildman–Crippen LogP) is 3.93. The van der Waals surface area contributed by atoms with E-state index in [1.54, 1.807) is 0 Å². The number of likely N-dealkylation sites (tertiary alicyclic amines) is 2. The van der Waals surface area contributed by atoms with Crippen LogP contribution in [0.15, 0.2) is 54.1 Å². The van der Waals surface area contributed by atoms with E-state index in [2.05, 4.69) is 58.8 Å². The van der Waals surface area contributed by atoms with Gasteiger partial charge in [0.25, 0.3) is 0 Å². The molecule has 0 saturated carbocycles. The van der Waals surface area contributed by atoms with Crippen molar-refractivity contribution in [1.29, 1.82) is 0 Å². The van der Waals surface area contributed by atoms with Crippen LogP contribution >= 0.6 is 0 Å². The molecule has 0 radical (unpaired) electrons. The Morgan fingerprint density at radius 1 is 1.07 bits per heavy atom. The van der Waals surface area contributed by atoms with Crippen LogP contribution in [0.4, 0.5) is 4.79 Å². The highest BCUT2D eigenvalue weighted by molar-refractivity contribution is 5.74. The normalized spacial score (nSPS) is 24.1. The lowest BCUT2D eigenvalue weighted by atomic mass is 9.89. The Morgan fingerprint density at radius 2 is 1.89 bits per heavy atom. The van der Waals surface area contributed by atoms with Crippen LogP contribution in [0.25, 0.3) is 0 Å². The maximum atomic E-state index is 12.5. The van der Waals surface area contributed by atoms with Crippen molar-refractivity contribution in [3.05, 3.63) is 59.7 Å². The third kappa shape index (κ3) is 4.62. The van der Waals surface area contributed by atoms with Gasteiger partial charge >= 0.3 is 6.03 Å². The van der Waals surface area contributed by atoms with Gasteiger partial charge in [0.15, 0.2) is 0 Å². The highest BCUT2D eigenvalue weighted by atomic mass is 16.2. The van der Waals surface area contributed by atoms with Crippen molar-refractivity contribution in [2.45, 2.75) is 44.1 Å². The van der Waals surface area contributed by atoms with E-state index in [4.69, 9.17) is 0 Å². The first-order valence-electron chi connectivity index (χ1n) is 10.5. The molecule has 1 aromatic carbocycles. The van der Waals surface area contributed by atoms with Crippen LogP contribution in [0.3, 0.4) is 0 Å². The SMILES string of the molecule is O=C(NCC1=CC=CCC1)N1CCC(N2CCC(c3ccccc3)CC2)C1. The molecule has 1 N–H and O–H groups in total. The summed E-state index contributed by atoms with van der Waals surface area (Å²) in [6, 6.07) is 11.6. The highest BCUT2D eigenvalue weighted by Gasteiger charge is 2.32. The Labute approximate surface area is 162 Å². The maximum Gasteiger partial charge on any atom is 0.317 e. The molecular formula is C23H31N3O. The molecule has 0 bridgehead atoms. The lowest BCUT2D eigenvalue weighted by Crippen LogP contribution is -2.45. The topological polar surface area (TPSA) is 35.6 Å². The molecule has 144 valence electrons. The summed E-state index contributed by atoms with van der Waals surface area (Å²) in [6.07, 6.45) is 12.1. The number of carbonyl (C=O) groups is 1. The summed E-state index contributed by atoms with van der Waals surface area (Å²) in [5.41, 5.74) is 2.81. The summed E-state index contributed by atoms with van der Waals surface area (Å²) in [6.45, 7) is 4.75. The minimum absolute atomic E-state index is 0.104. The monoisotopic (exact) mass is 365 g/mol. The highest BCUT2D eigenvalue weighted by Crippen LogP contribution is 2.30. The molecule has 0 spiro atoms. The van der Waals surface area contributed by atoms with Crippen molar-refractivity contribution in [3.63, 3.8) is 0 Å². The zero-order chi connectivity index (χ0) is 18.5. The van der Waals surface area contributed by atoms with Gasteiger partial charge in [0.2, 0.25) is 0 Å². The second-order valence-corrected chi connectivity index (χ2v) is 8.06. The Morgan fingerprint density at radius 3 is 2.63 bits per heavy atom. The zero-order valence-electron chi connectivity index (χ0n) is 16.1. The van der Waals surface area contributed by atoms with Crippen molar-refractivity contribution in [2.24, 2.45) is 0 Å². The van der Waals surface area contributed by atoms with Crippen LogP contribution in [0.2, 0.25) is 0 Å². The van der Waals surface area contributed by atoms with Gasteiger partial charge in [0.1, 0.15) is 0 Å². The maximum absolute atomic E-state index is 12.5. The molecule has 4 nitrogen and oxygen atoms in total. The van der Waals surface area contributed by atoms with Crippen LogP contribution in [0.5, 0.6) is 0 Å². The number of nitrogens with one attached hydrogen (secondary N) is 1. The quantitative estimate of drug-likeness (QED) is 0.878. The Balaban J connectivity index is 1.22. The number of amides is 2. The number of nitrogens with zero attached hydrogens (tertiary/aromatic N) is 2. The second kappa shape index (κ2) is 8.75. The van der Waals surface area contributed by atoms with Gasteiger partial charge in [-0.15, -0.1) is 0 Å². The number of piperidine rings is 1. The van der Waals surface area contributed by atoms with E-state index >= 15 is 0 Å². The van der Waals surface area contributed by atoms with Crippen LogP contribution in [-0.4, -0.2) is 54.6 Å². The predicted molar refractivity (Wildman–Crippen MR) is 110 cm³/mol. The average molecular weight is 366 g/mol. The van der Waals surface area contributed by atoms with Gasteiger partial charge in [-0.1, -0.05) is 54.1 Å².